The first-order chi connectivity index (χ1) is 9.84. The Bertz CT molecular complexity index is 599. The molecular formula is C14H22N2O4S. The van der Waals surface area contributed by atoms with Gasteiger partial charge in [-0.2, -0.15) is 0 Å². The lowest BCUT2D eigenvalue weighted by Crippen LogP contribution is -2.38. The van der Waals surface area contributed by atoms with Gasteiger partial charge < -0.3 is 15.8 Å². The number of hydrogen-bond acceptors (Lipinski definition) is 5. The zero-order valence-corrected chi connectivity index (χ0v) is 13.4. The summed E-state index contributed by atoms with van der Waals surface area (Å²) in [4.78, 5) is 11.9. The van der Waals surface area contributed by atoms with E-state index in [4.69, 9.17) is 10.5 Å². The SMILES string of the molecule is CCCCNC(=O)C(C)S(=O)(=O)c1cc(OC)ccc1N. The summed E-state index contributed by atoms with van der Waals surface area (Å²) in [7, 11) is -2.42. The summed E-state index contributed by atoms with van der Waals surface area (Å²) < 4.78 is 30.0. The number of methoxy groups -OCH3 is 1. The number of hydrogen-bond donors (Lipinski definition) is 2. The number of carbonyl (C=O) groups excluding carboxylic acids is 1. The normalized spacial score (nSPS) is 12.7. The summed E-state index contributed by atoms with van der Waals surface area (Å²) in [5.41, 5.74) is 5.82. The number of sulfone groups is 1. The summed E-state index contributed by atoms with van der Waals surface area (Å²) >= 11 is 0. The van der Waals surface area contributed by atoms with E-state index in [2.05, 4.69) is 5.32 Å². The fourth-order valence-electron chi connectivity index (χ4n) is 1.75. The molecule has 0 aliphatic rings. The van der Waals surface area contributed by atoms with Crippen molar-refractivity contribution < 1.29 is 17.9 Å². The average molecular weight is 314 g/mol. The van der Waals surface area contributed by atoms with Crippen LogP contribution in [0.15, 0.2) is 23.1 Å². The highest BCUT2D eigenvalue weighted by Gasteiger charge is 2.31. The lowest BCUT2D eigenvalue weighted by atomic mass is 10.3. The Morgan fingerprint density at radius 3 is 2.67 bits per heavy atom. The topological polar surface area (TPSA) is 98.5 Å². The molecule has 0 spiro atoms. The van der Waals surface area contributed by atoms with Gasteiger partial charge >= 0.3 is 0 Å². The van der Waals surface area contributed by atoms with E-state index in [1.165, 1.54) is 26.2 Å². The summed E-state index contributed by atoms with van der Waals surface area (Å²) in [5, 5.41) is 1.41. The average Bonchev–Trinajstić information content (AvgIpc) is 2.46. The highest BCUT2D eigenvalue weighted by molar-refractivity contribution is 7.93. The van der Waals surface area contributed by atoms with Gasteiger partial charge in [-0.05, 0) is 25.5 Å². The molecule has 1 amide bonds. The van der Waals surface area contributed by atoms with Crippen molar-refractivity contribution in [2.45, 2.75) is 36.8 Å². The smallest absolute Gasteiger partial charge is 0.238 e. The molecule has 1 atom stereocenters. The van der Waals surface area contributed by atoms with Gasteiger partial charge in [0.1, 0.15) is 11.0 Å². The van der Waals surface area contributed by atoms with E-state index in [0.29, 0.717) is 12.3 Å². The van der Waals surface area contributed by atoms with Crippen LogP contribution in [0.4, 0.5) is 5.69 Å². The van der Waals surface area contributed by atoms with Crippen LogP contribution < -0.4 is 15.8 Å². The molecule has 1 aromatic rings. The molecule has 6 nitrogen and oxygen atoms in total. The molecule has 0 radical (unpaired) electrons. The minimum atomic E-state index is -3.86. The van der Waals surface area contributed by atoms with Crippen LogP contribution in [0, 0.1) is 0 Å². The van der Waals surface area contributed by atoms with E-state index in [0.717, 1.165) is 12.8 Å². The van der Waals surface area contributed by atoms with Gasteiger partial charge in [0.05, 0.1) is 17.7 Å². The number of nitrogen functional groups attached to an aromatic ring is 1. The second kappa shape index (κ2) is 7.31. The lowest BCUT2D eigenvalue weighted by molar-refractivity contribution is -0.120. The quantitative estimate of drug-likeness (QED) is 0.585. The molecule has 0 aliphatic heterocycles. The first-order valence-corrected chi connectivity index (χ1v) is 8.34. The number of nitrogens with one attached hydrogen (secondary N) is 1. The fourth-order valence-corrected chi connectivity index (χ4v) is 3.17. The van der Waals surface area contributed by atoms with E-state index >= 15 is 0 Å². The van der Waals surface area contributed by atoms with Gasteiger partial charge in [0.2, 0.25) is 5.91 Å². The van der Waals surface area contributed by atoms with Crippen LogP contribution in [0.2, 0.25) is 0 Å². The van der Waals surface area contributed by atoms with Gasteiger partial charge in [0.15, 0.2) is 9.84 Å². The zero-order chi connectivity index (χ0) is 16.0. The molecule has 0 aliphatic carbocycles. The van der Waals surface area contributed by atoms with Crippen molar-refractivity contribution in [3.8, 4) is 5.75 Å². The Labute approximate surface area is 125 Å². The fraction of sp³-hybridized carbons (Fsp3) is 0.500. The molecule has 118 valence electrons. The molecule has 1 aromatic carbocycles. The molecule has 3 N–H and O–H groups in total. The molecule has 21 heavy (non-hydrogen) atoms. The van der Waals surface area contributed by atoms with Crippen molar-refractivity contribution in [2.24, 2.45) is 0 Å². The number of unbranched alkanes of at least 4 members (excludes halogenated alkanes) is 1. The number of nitrogens with two attached hydrogens (primary N) is 1. The first-order valence-electron chi connectivity index (χ1n) is 6.79. The standard InChI is InChI=1S/C14H22N2O4S/c1-4-5-8-16-14(17)10(2)21(18,19)13-9-11(20-3)6-7-12(13)15/h6-7,9-10H,4-5,8,15H2,1-3H3,(H,16,17). The Kier molecular flexibility index (Phi) is 6.02. The van der Waals surface area contributed by atoms with Crippen molar-refractivity contribution in [3.05, 3.63) is 18.2 Å². The second-order valence-electron chi connectivity index (χ2n) is 4.74. The van der Waals surface area contributed by atoms with Gasteiger partial charge in [-0.1, -0.05) is 13.3 Å². The number of amides is 1. The molecule has 0 aromatic heterocycles. The van der Waals surface area contributed by atoms with Crippen molar-refractivity contribution >= 4 is 21.4 Å². The van der Waals surface area contributed by atoms with E-state index in [1.807, 2.05) is 6.92 Å². The monoisotopic (exact) mass is 314 g/mol. The highest BCUT2D eigenvalue weighted by Crippen LogP contribution is 2.27. The predicted molar refractivity (Wildman–Crippen MR) is 82.0 cm³/mol. The molecular weight excluding hydrogens is 292 g/mol. The molecule has 7 heteroatoms. The molecule has 0 heterocycles. The minimum Gasteiger partial charge on any atom is -0.497 e. The van der Waals surface area contributed by atoms with E-state index < -0.39 is 21.0 Å². The van der Waals surface area contributed by atoms with Gasteiger partial charge in [-0.3, -0.25) is 4.79 Å². The highest BCUT2D eigenvalue weighted by atomic mass is 32.2. The molecule has 0 saturated carbocycles. The third kappa shape index (κ3) is 4.10. The van der Waals surface area contributed by atoms with E-state index in [9.17, 15) is 13.2 Å². The predicted octanol–water partition coefficient (Wildman–Crippen LogP) is 1.36. The third-order valence-corrected chi connectivity index (χ3v) is 5.30. The second-order valence-corrected chi connectivity index (χ2v) is 6.97. The Morgan fingerprint density at radius 2 is 2.10 bits per heavy atom. The molecule has 0 fully saturated rings. The van der Waals surface area contributed by atoms with Crippen molar-refractivity contribution in [1.29, 1.82) is 0 Å². The van der Waals surface area contributed by atoms with Crippen LogP contribution in [-0.2, 0) is 14.6 Å². The van der Waals surface area contributed by atoms with Crippen LogP contribution in [0.1, 0.15) is 26.7 Å². The number of anilines is 1. The summed E-state index contributed by atoms with van der Waals surface area (Å²) in [6, 6.07) is 4.36. The molecule has 1 rings (SSSR count). The maximum absolute atomic E-state index is 12.5. The maximum Gasteiger partial charge on any atom is 0.238 e. The Balaban J connectivity index is 3.02. The number of rotatable bonds is 7. The van der Waals surface area contributed by atoms with Gasteiger partial charge in [-0.15, -0.1) is 0 Å². The van der Waals surface area contributed by atoms with Crippen molar-refractivity contribution in [3.63, 3.8) is 0 Å². The molecule has 0 saturated heterocycles. The van der Waals surface area contributed by atoms with Crippen LogP contribution in [0.5, 0.6) is 5.75 Å². The van der Waals surface area contributed by atoms with E-state index in [1.54, 1.807) is 6.07 Å². The minimum absolute atomic E-state index is 0.0833. The lowest BCUT2D eigenvalue weighted by Gasteiger charge is -2.15. The van der Waals surface area contributed by atoms with Gasteiger partial charge in [0, 0.05) is 12.6 Å². The Morgan fingerprint density at radius 1 is 1.43 bits per heavy atom. The van der Waals surface area contributed by atoms with Crippen LogP contribution >= 0.6 is 0 Å². The van der Waals surface area contributed by atoms with Crippen molar-refractivity contribution in [1.82, 2.24) is 5.32 Å². The number of benzene rings is 1. The van der Waals surface area contributed by atoms with Crippen molar-refractivity contribution in [2.75, 3.05) is 19.4 Å². The number of carbonyl (C=O) groups is 1. The summed E-state index contributed by atoms with van der Waals surface area (Å²) in [5.74, 6) is -0.146. The molecule has 1 unspecified atom stereocenters. The van der Waals surface area contributed by atoms with Gasteiger partial charge in [-0.25, -0.2) is 8.42 Å². The maximum atomic E-state index is 12.5. The summed E-state index contributed by atoms with van der Waals surface area (Å²) in [6.07, 6.45) is 1.73. The first kappa shape index (κ1) is 17.3. The number of ether oxygens (including phenoxy) is 1. The largest absolute Gasteiger partial charge is 0.497 e. The van der Waals surface area contributed by atoms with Crippen LogP contribution in [-0.4, -0.2) is 33.2 Å². The van der Waals surface area contributed by atoms with Gasteiger partial charge in [0.25, 0.3) is 0 Å². The van der Waals surface area contributed by atoms with Crippen LogP contribution in [0.3, 0.4) is 0 Å². The summed E-state index contributed by atoms with van der Waals surface area (Å²) in [6.45, 7) is 3.81. The molecule has 0 bridgehead atoms. The van der Waals surface area contributed by atoms with Crippen LogP contribution in [0.25, 0.3) is 0 Å². The third-order valence-electron chi connectivity index (χ3n) is 3.19. The van der Waals surface area contributed by atoms with E-state index in [-0.39, 0.29) is 10.6 Å². The Hall–Kier alpha value is -1.76. The zero-order valence-electron chi connectivity index (χ0n) is 12.5.